The number of thioether (sulfide) groups is 3. The molecule has 134 heavy (non-hydrogen) atoms. The van der Waals surface area contributed by atoms with Crippen molar-refractivity contribution >= 4 is 159 Å². The van der Waals surface area contributed by atoms with Crippen molar-refractivity contribution in [2.75, 3.05) is 37.0 Å². The summed E-state index contributed by atoms with van der Waals surface area (Å²) < 4.78 is 0. The molecule has 0 aliphatic carbocycles. The standard InChI is InChI=1S/C84H116N22O25S3/c1-41(2)22-54-77(124)99-56(27-46-14-10-7-11-15-46)79(126)101-58(29-68(115)116)76(123)93-43(4)71(118)91-32-66(112)94-55(26-45-12-8-6-9-13-45)78(125)105-62-39-134-36-49-24-47(23-48(25-49)35-133-38-61(83(130)98-54)103-70(117)42(3)85)34-132-37-60(72(119)90-31-65(88)111)104-75(122)53(18-21-67(113)114)97-84(131)69(44(5)108)106-81(128)59(33-107)102-80(127)57(28-50-30-89-40-92-50)100-74(121)52(17-20-64(87)110)95-73(120)51(96-82(62)129)16-19-63(86)109/h6-15,23-25,30,40-44,51-62,69,107-108H,16-22,26-29,31-39,85H2,1-5H3,(H2,86,109)(H2,87,110)(H2,88,111)(H,89,92)(H,90,119)(H,91,118)(H,93,123)(H,94,112)(H,95,120)(H,96,129)(H,97,131)(H,98,130)(H,99,124)(H,100,121)(H,101,126)(H,102,127)(H,103,117)(H,104,122)(H,105,125)(H,106,128)(H,113,114)(H,115,116)/t42-,43-,44+,51-,52-,53-,54-,55-,56-,57-,58-,59-,60-,61-,62-,69-/m0/s1. The maximum absolute atomic E-state index is 15.4. The number of nitrogens with one attached hydrogen (secondary N) is 17. The van der Waals surface area contributed by atoms with Crippen LogP contribution in [-0.4, -0.2) is 288 Å². The first-order valence-electron chi connectivity index (χ1n) is 42.5. The number of hydrogen-bond donors (Lipinski definition) is 25. The van der Waals surface area contributed by atoms with E-state index in [-0.39, 0.29) is 53.9 Å². The van der Waals surface area contributed by atoms with Crippen LogP contribution in [0.25, 0.3) is 0 Å². The average Bonchev–Trinajstić information content (AvgIpc) is 1.30. The van der Waals surface area contributed by atoms with Crippen LogP contribution < -0.4 is 108 Å². The lowest BCUT2D eigenvalue weighted by Gasteiger charge is -2.28. The molecule has 0 saturated carbocycles. The van der Waals surface area contributed by atoms with Crippen LogP contribution in [0.2, 0.25) is 0 Å². The van der Waals surface area contributed by atoms with Gasteiger partial charge in [-0.1, -0.05) is 92.7 Å². The smallest absolute Gasteiger partial charge is 0.305 e. The zero-order chi connectivity index (χ0) is 99.0. The van der Waals surface area contributed by atoms with E-state index in [0.29, 0.717) is 27.8 Å². The predicted octanol–water partition coefficient (Wildman–Crippen LogP) is -7.97. The van der Waals surface area contributed by atoms with E-state index in [1.165, 1.54) is 19.4 Å². The van der Waals surface area contributed by atoms with E-state index in [4.69, 9.17) is 22.9 Å². The molecule has 1 aromatic heterocycles. The van der Waals surface area contributed by atoms with Gasteiger partial charge in [-0.3, -0.25) is 101 Å². The average molecular weight is 1930 g/mol. The molecule has 0 radical (unpaired) electrons. The Labute approximate surface area is 781 Å². The zero-order valence-corrected chi connectivity index (χ0v) is 76.4. The Hall–Kier alpha value is -13.3. The topological polar surface area (TPSA) is 765 Å². The van der Waals surface area contributed by atoms with Crippen LogP contribution in [0.5, 0.6) is 0 Å². The van der Waals surface area contributed by atoms with Crippen LogP contribution in [0.1, 0.15) is 119 Å². The SMILES string of the molecule is CC(C)C[C@@H]1NC(=O)[C@@H](NC(=O)[C@H](C)N)CSCc2cc3cc(c2)CSC[C@H](NC(=O)[C@H](Cc2ccccc2)NC(=O)CNC(=O)[C@H](C)NC(=O)[C@H](CC(=O)O)NC(=O)[C@H](Cc2ccccc2)NC1=O)C(=O)N[C@@H](CCC(N)=O)C(=O)N[C@@H](CCC(N)=O)C(=O)N[C@@H](Cc1cnc[nH]1)C(=O)N[C@@H](CO)C(=O)N[C@@H]([C@@H](C)O)C(=O)N[C@@H](CCC(=O)O)C(=O)N[C@H](C(=O)NCC(N)=O)CSC3. The molecule has 16 atom stereocenters. The highest BCUT2D eigenvalue weighted by molar-refractivity contribution is 7.99. The largest absolute Gasteiger partial charge is 0.481 e. The number of aromatic amines is 1. The number of fused-ring (bicyclic) bond motifs is 5. The number of amides is 19. The van der Waals surface area contributed by atoms with Gasteiger partial charge >= 0.3 is 11.9 Å². The summed E-state index contributed by atoms with van der Waals surface area (Å²) in [6.07, 6.45) is -6.06. The molecule has 6 rings (SSSR count). The van der Waals surface area contributed by atoms with Crippen LogP contribution in [0.3, 0.4) is 0 Å². The van der Waals surface area contributed by atoms with Gasteiger partial charge in [-0.2, -0.15) is 35.3 Å². The fourth-order valence-corrected chi connectivity index (χ4v) is 16.3. The van der Waals surface area contributed by atoms with Crippen molar-refractivity contribution in [2.45, 2.75) is 219 Å². The number of carboxylic acid groups (broad SMARTS) is 2. The molecular weight excluding hydrogens is 1810 g/mol. The number of carbonyl (C=O) groups is 21. The first kappa shape index (κ1) is 109. The third-order valence-electron chi connectivity index (χ3n) is 20.3. The van der Waals surface area contributed by atoms with Crippen molar-refractivity contribution < 1.29 is 121 Å². The Balaban J connectivity index is 1.58. The fourth-order valence-electron chi connectivity index (χ4n) is 13.3. The van der Waals surface area contributed by atoms with Gasteiger partial charge in [0.15, 0.2) is 0 Å². The summed E-state index contributed by atoms with van der Waals surface area (Å²) in [6.45, 7) is 3.92. The molecule has 4 aromatic rings. The summed E-state index contributed by atoms with van der Waals surface area (Å²) in [5.41, 5.74) is 25.0. The van der Waals surface area contributed by atoms with Gasteiger partial charge in [-0.15, -0.1) is 0 Å². The van der Waals surface area contributed by atoms with E-state index in [0.717, 1.165) is 49.1 Å². The number of benzene rings is 3. The number of carbonyl (C=O) groups excluding carboxylic acids is 19. The third-order valence-corrected chi connectivity index (χ3v) is 23.6. The van der Waals surface area contributed by atoms with E-state index >= 15 is 9.59 Å². The zero-order valence-electron chi connectivity index (χ0n) is 74.0. The molecule has 730 valence electrons. The number of nitrogens with two attached hydrogens (primary N) is 4. The third kappa shape index (κ3) is 38.5. The number of rotatable bonds is 26. The predicted molar refractivity (Wildman–Crippen MR) is 483 cm³/mol. The molecule has 0 spiro atoms. The van der Waals surface area contributed by atoms with Crippen molar-refractivity contribution in [1.82, 2.24) is 95.0 Å². The van der Waals surface area contributed by atoms with E-state index in [2.05, 4.69) is 95.0 Å². The molecule has 0 unspecified atom stereocenters. The van der Waals surface area contributed by atoms with Gasteiger partial charge in [0, 0.05) is 84.9 Å². The maximum atomic E-state index is 15.4. The van der Waals surface area contributed by atoms with Gasteiger partial charge in [-0.05, 0) is 80.2 Å². The Morgan fingerprint density at radius 1 is 0.478 bits per heavy atom. The Kier molecular flexibility index (Phi) is 45.1. The molecule has 50 heteroatoms. The molecule has 3 aromatic carbocycles. The minimum absolute atomic E-state index is 0.0425. The molecule has 0 fully saturated rings. The minimum Gasteiger partial charge on any atom is -0.481 e. The number of aliphatic carboxylic acids is 2. The van der Waals surface area contributed by atoms with Gasteiger partial charge in [0.1, 0.15) is 84.6 Å². The van der Waals surface area contributed by atoms with Crippen LogP contribution in [0, 0.1) is 5.92 Å². The number of aromatic nitrogens is 2. The van der Waals surface area contributed by atoms with Crippen LogP contribution in [0.15, 0.2) is 91.4 Å². The lowest BCUT2D eigenvalue weighted by atomic mass is 10.0. The minimum atomic E-state index is -2.10. The van der Waals surface area contributed by atoms with Crippen molar-refractivity contribution in [3.05, 3.63) is 125 Å². The number of H-pyrrole nitrogens is 1. The van der Waals surface area contributed by atoms with Crippen LogP contribution >= 0.6 is 35.3 Å². The summed E-state index contributed by atoms with van der Waals surface area (Å²) in [7, 11) is 0. The van der Waals surface area contributed by atoms with Gasteiger partial charge in [0.05, 0.1) is 44.6 Å². The Bertz CT molecular complexity index is 4830. The van der Waals surface area contributed by atoms with Gasteiger partial charge in [-0.25, -0.2) is 4.98 Å². The lowest BCUT2D eigenvalue weighted by molar-refractivity contribution is -0.141. The fraction of sp³-hybridized carbons (Fsp3) is 0.500. The summed E-state index contributed by atoms with van der Waals surface area (Å²) in [6, 6.07) is -5.25. The van der Waals surface area contributed by atoms with Gasteiger partial charge in [0.25, 0.3) is 0 Å². The number of aliphatic hydroxyl groups is 2. The normalized spacial score (nSPS) is 24.1. The van der Waals surface area contributed by atoms with Crippen molar-refractivity contribution in [2.24, 2.45) is 28.9 Å². The van der Waals surface area contributed by atoms with E-state index in [1.54, 1.807) is 92.7 Å². The van der Waals surface area contributed by atoms with E-state index in [9.17, 15) is 112 Å². The Morgan fingerprint density at radius 3 is 1.43 bits per heavy atom. The van der Waals surface area contributed by atoms with Gasteiger partial charge in [0.2, 0.25) is 112 Å². The highest BCUT2D eigenvalue weighted by Gasteiger charge is 2.40. The van der Waals surface area contributed by atoms with Crippen molar-refractivity contribution in [1.29, 1.82) is 0 Å². The van der Waals surface area contributed by atoms with Gasteiger partial charge < -0.3 is 133 Å². The molecule has 0 saturated heterocycles. The summed E-state index contributed by atoms with van der Waals surface area (Å²) in [4.78, 5) is 301. The first-order valence-corrected chi connectivity index (χ1v) is 45.9. The number of aliphatic hydroxyl groups excluding tert-OH is 2. The number of primary amides is 3. The monoisotopic (exact) mass is 1930 g/mol. The second kappa shape index (κ2) is 55.2. The van der Waals surface area contributed by atoms with Crippen LogP contribution in [0.4, 0.5) is 0 Å². The molecule has 3 heterocycles. The molecule has 2 aliphatic heterocycles. The number of nitrogens with zero attached hydrogens (tertiary/aromatic N) is 1. The number of hydrogen-bond acceptors (Lipinski definition) is 28. The van der Waals surface area contributed by atoms with Crippen LogP contribution in [-0.2, 0) is 137 Å². The molecular formula is C84H116N22O25S3. The Morgan fingerprint density at radius 2 is 0.925 bits per heavy atom. The lowest BCUT2D eigenvalue weighted by Crippen LogP contribution is -2.62. The summed E-state index contributed by atoms with van der Waals surface area (Å²) in [5.74, 6) is -26.4. The maximum Gasteiger partial charge on any atom is 0.305 e. The van der Waals surface area contributed by atoms with Crippen molar-refractivity contribution in [3.63, 3.8) is 0 Å². The second-order valence-corrected chi connectivity index (χ2v) is 35.2. The molecule has 4 bridgehead atoms. The number of carboxylic acids is 2. The molecule has 47 nitrogen and oxygen atoms in total. The molecule has 19 amide bonds. The highest BCUT2D eigenvalue weighted by Crippen LogP contribution is 2.26. The second-order valence-electron chi connectivity index (χ2n) is 32.2. The van der Waals surface area contributed by atoms with E-state index in [1.807, 2.05) is 0 Å². The van der Waals surface area contributed by atoms with E-state index < -0.39 is 303 Å². The number of imidazole rings is 1. The first-order chi connectivity index (χ1) is 63.4. The van der Waals surface area contributed by atoms with Crippen molar-refractivity contribution in [3.8, 4) is 0 Å². The molecule has 29 N–H and O–H groups in total. The molecule has 2 aliphatic rings. The summed E-state index contributed by atoms with van der Waals surface area (Å²) >= 11 is 2.99. The quantitative estimate of drug-likeness (QED) is 0.0278. The summed E-state index contributed by atoms with van der Waals surface area (Å²) in [5, 5.41) is 80.5. The highest BCUT2D eigenvalue weighted by atomic mass is 32.2.